The van der Waals surface area contributed by atoms with Gasteiger partial charge >= 0.3 is 5.97 Å². The van der Waals surface area contributed by atoms with Crippen molar-refractivity contribution in [2.24, 2.45) is 0 Å². The first-order valence-electron chi connectivity index (χ1n) is 5.85. The summed E-state index contributed by atoms with van der Waals surface area (Å²) in [5, 5.41) is 3.08. The third-order valence-corrected chi connectivity index (χ3v) is 2.21. The highest BCUT2D eigenvalue weighted by Crippen LogP contribution is 2.06. The van der Waals surface area contributed by atoms with Crippen LogP contribution in [0.2, 0.25) is 0 Å². The molecule has 0 aliphatic carbocycles. The number of hydrogen-bond donors (Lipinski definition) is 1. The van der Waals surface area contributed by atoms with Crippen molar-refractivity contribution >= 4 is 5.97 Å². The molecule has 0 heterocycles. The zero-order valence-corrected chi connectivity index (χ0v) is 11.5. The molecule has 0 aromatic rings. The van der Waals surface area contributed by atoms with E-state index in [0.717, 1.165) is 13.1 Å². The molecule has 0 radical (unpaired) electrons. The number of ether oxygens (including phenoxy) is 1. The molecule has 0 aliphatic rings. The Kier molecular flexibility index (Phi) is 6.60. The predicted octanol–water partition coefficient (Wildman–Crippen LogP) is 1.26. The monoisotopic (exact) mass is 230 g/mol. The minimum atomic E-state index is -0.395. The molecule has 0 fully saturated rings. The summed E-state index contributed by atoms with van der Waals surface area (Å²) in [7, 11) is 2.07. The second-order valence-corrected chi connectivity index (χ2v) is 5.34. The van der Waals surface area contributed by atoms with Crippen LogP contribution in [0.5, 0.6) is 0 Å². The van der Waals surface area contributed by atoms with Crippen LogP contribution in [0, 0.1) is 0 Å². The maximum Gasteiger partial charge on any atom is 0.320 e. The highest BCUT2D eigenvalue weighted by atomic mass is 16.6. The van der Waals surface area contributed by atoms with E-state index in [0.29, 0.717) is 6.04 Å². The van der Waals surface area contributed by atoms with E-state index in [-0.39, 0.29) is 12.5 Å². The molecule has 0 saturated carbocycles. The quantitative estimate of drug-likeness (QED) is 0.551. The maximum atomic E-state index is 11.3. The number of nitrogens with zero attached hydrogens (tertiary/aromatic N) is 1. The summed E-state index contributed by atoms with van der Waals surface area (Å²) in [5.74, 6) is -0.195. The average Bonchev–Trinajstić information content (AvgIpc) is 2.08. The molecule has 0 atom stereocenters. The molecule has 4 heteroatoms. The van der Waals surface area contributed by atoms with Crippen LogP contribution < -0.4 is 5.32 Å². The molecule has 16 heavy (non-hydrogen) atoms. The summed E-state index contributed by atoms with van der Waals surface area (Å²) in [6.07, 6.45) is 0. The Morgan fingerprint density at radius 3 is 2.38 bits per heavy atom. The molecule has 0 saturated heterocycles. The highest BCUT2D eigenvalue weighted by Gasteiger charge is 2.15. The number of esters is 1. The zero-order valence-electron chi connectivity index (χ0n) is 11.5. The van der Waals surface area contributed by atoms with Crippen molar-refractivity contribution in [2.75, 3.05) is 26.7 Å². The summed E-state index contributed by atoms with van der Waals surface area (Å²) >= 11 is 0. The van der Waals surface area contributed by atoms with Crippen LogP contribution in [-0.2, 0) is 9.53 Å². The molecule has 0 rings (SSSR count). The Hall–Kier alpha value is -0.610. The summed E-state index contributed by atoms with van der Waals surface area (Å²) < 4.78 is 5.18. The predicted molar refractivity (Wildman–Crippen MR) is 66.5 cm³/mol. The molecule has 0 amide bonds. The molecule has 0 aromatic carbocycles. The standard InChI is InChI=1S/C12H26N2O2/c1-10(2)14(6)8-7-13-9-11(15)16-12(3,4)5/h10,13H,7-9H2,1-6H3. The van der Waals surface area contributed by atoms with E-state index in [2.05, 4.69) is 31.1 Å². The fourth-order valence-corrected chi connectivity index (χ4v) is 1.08. The van der Waals surface area contributed by atoms with Gasteiger partial charge in [0.2, 0.25) is 0 Å². The molecule has 96 valence electrons. The molecule has 0 aromatic heterocycles. The Bertz CT molecular complexity index is 210. The van der Waals surface area contributed by atoms with E-state index in [1.54, 1.807) is 0 Å². The molecular weight excluding hydrogens is 204 g/mol. The van der Waals surface area contributed by atoms with Gasteiger partial charge in [0.25, 0.3) is 0 Å². The van der Waals surface area contributed by atoms with E-state index in [1.165, 1.54) is 0 Å². The molecule has 1 N–H and O–H groups in total. The lowest BCUT2D eigenvalue weighted by Crippen LogP contribution is -2.37. The van der Waals surface area contributed by atoms with Crippen molar-refractivity contribution in [2.45, 2.75) is 46.3 Å². The van der Waals surface area contributed by atoms with Crippen LogP contribution in [0.15, 0.2) is 0 Å². The van der Waals surface area contributed by atoms with E-state index >= 15 is 0 Å². The molecule has 0 bridgehead atoms. The summed E-state index contributed by atoms with van der Waals surface area (Å²) in [4.78, 5) is 13.6. The Labute approximate surface area is 99.3 Å². The normalized spacial score (nSPS) is 12.2. The van der Waals surface area contributed by atoms with Crippen molar-refractivity contribution in [3.05, 3.63) is 0 Å². The van der Waals surface area contributed by atoms with Gasteiger partial charge in [-0.2, -0.15) is 0 Å². The van der Waals surface area contributed by atoms with E-state index in [1.807, 2.05) is 20.8 Å². The van der Waals surface area contributed by atoms with Gasteiger partial charge in [0.05, 0.1) is 6.54 Å². The zero-order chi connectivity index (χ0) is 12.8. The van der Waals surface area contributed by atoms with Crippen LogP contribution in [0.4, 0.5) is 0 Å². The average molecular weight is 230 g/mol. The van der Waals surface area contributed by atoms with Gasteiger partial charge in [0.1, 0.15) is 5.60 Å². The lowest BCUT2D eigenvalue weighted by Gasteiger charge is -2.22. The van der Waals surface area contributed by atoms with Crippen LogP contribution in [-0.4, -0.2) is 49.2 Å². The second-order valence-electron chi connectivity index (χ2n) is 5.34. The van der Waals surface area contributed by atoms with E-state index in [9.17, 15) is 4.79 Å². The van der Waals surface area contributed by atoms with Gasteiger partial charge in [-0.1, -0.05) is 0 Å². The van der Waals surface area contributed by atoms with Gasteiger partial charge in [0.15, 0.2) is 0 Å². The molecular formula is C12H26N2O2. The number of carbonyl (C=O) groups excluding carboxylic acids is 1. The highest BCUT2D eigenvalue weighted by molar-refractivity contribution is 5.72. The Morgan fingerprint density at radius 1 is 1.38 bits per heavy atom. The lowest BCUT2D eigenvalue weighted by molar-refractivity contribution is -0.153. The van der Waals surface area contributed by atoms with Crippen LogP contribution in [0.1, 0.15) is 34.6 Å². The van der Waals surface area contributed by atoms with E-state index < -0.39 is 5.60 Å². The van der Waals surface area contributed by atoms with Crippen molar-refractivity contribution < 1.29 is 9.53 Å². The first-order chi connectivity index (χ1) is 7.22. The molecule has 0 unspecified atom stereocenters. The van der Waals surface area contributed by atoms with Gasteiger partial charge in [-0.25, -0.2) is 0 Å². The minimum absolute atomic E-state index is 0.195. The Morgan fingerprint density at radius 2 is 1.94 bits per heavy atom. The fourth-order valence-electron chi connectivity index (χ4n) is 1.08. The summed E-state index contributed by atoms with van der Waals surface area (Å²) in [6.45, 7) is 11.9. The van der Waals surface area contributed by atoms with Crippen molar-refractivity contribution in [3.63, 3.8) is 0 Å². The fraction of sp³-hybridized carbons (Fsp3) is 0.917. The summed E-state index contributed by atoms with van der Waals surface area (Å²) in [5.41, 5.74) is -0.395. The minimum Gasteiger partial charge on any atom is -0.459 e. The first kappa shape index (κ1) is 15.4. The van der Waals surface area contributed by atoms with Gasteiger partial charge in [0, 0.05) is 19.1 Å². The number of hydrogen-bond acceptors (Lipinski definition) is 4. The van der Waals surface area contributed by atoms with Gasteiger partial charge < -0.3 is 15.0 Å². The van der Waals surface area contributed by atoms with Crippen LogP contribution >= 0.6 is 0 Å². The topological polar surface area (TPSA) is 41.6 Å². The van der Waals surface area contributed by atoms with Gasteiger partial charge in [-0.3, -0.25) is 4.79 Å². The van der Waals surface area contributed by atoms with Gasteiger partial charge in [-0.15, -0.1) is 0 Å². The third kappa shape index (κ3) is 8.68. The lowest BCUT2D eigenvalue weighted by atomic mass is 10.2. The van der Waals surface area contributed by atoms with Crippen molar-refractivity contribution in [1.29, 1.82) is 0 Å². The largest absolute Gasteiger partial charge is 0.459 e. The molecule has 4 nitrogen and oxygen atoms in total. The summed E-state index contributed by atoms with van der Waals surface area (Å²) in [6, 6.07) is 0.531. The third-order valence-electron chi connectivity index (χ3n) is 2.21. The SMILES string of the molecule is CC(C)N(C)CCNCC(=O)OC(C)(C)C. The first-order valence-corrected chi connectivity index (χ1v) is 5.85. The number of rotatable bonds is 6. The van der Waals surface area contributed by atoms with Crippen LogP contribution in [0.3, 0.4) is 0 Å². The number of carbonyl (C=O) groups is 1. The van der Waals surface area contributed by atoms with Crippen LogP contribution in [0.25, 0.3) is 0 Å². The molecule has 0 aliphatic heterocycles. The number of likely N-dealkylation sites (N-methyl/N-ethyl adjacent to an activating group) is 1. The maximum absolute atomic E-state index is 11.3. The van der Waals surface area contributed by atoms with Gasteiger partial charge in [-0.05, 0) is 41.7 Å². The Balaban J connectivity index is 3.56. The van der Waals surface area contributed by atoms with Crippen molar-refractivity contribution in [1.82, 2.24) is 10.2 Å². The molecule has 0 spiro atoms. The number of nitrogens with one attached hydrogen (secondary N) is 1. The second kappa shape index (κ2) is 6.86. The van der Waals surface area contributed by atoms with Crippen molar-refractivity contribution in [3.8, 4) is 0 Å². The van der Waals surface area contributed by atoms with E-state index in [4.69, 9.17) is 4.74 Å². The smallest absolute Gasteiger partial charge is 0.320 e.